The molecule has 1 heterocycles. The smallest absolute Gasteiger partial charge is 0.222 e. The van der Waals surface area contributed by atoms with Gasteiger partial charge in [-0.25, -0.2) is 4.98 Å². The second kappa shape index (κ2) is 4.24. The monoisotopic (exact) mass is 215 g/mol. The van der Waals surface area contributed by atoms with Crippen molar-refractivity contribution in [2.45, 2.75) is 6.92 Å². The Kier molecular flexibility index (Phi) is 3.26. The zero-order valence-electron chi connectivity index (χ0n) is 6.90. The van der Waals surface area contributed by atoms with Gasteiger partial charge in [0.25, 0.3) is 0 Å². The van der Waals surface area contributed by atoms with Gasteiger partial charge >= 0.3 is 0 Å². The van der Waals surface area contributed by atoms with E-state index in [1.165, 1.54) is 0 Å². The van der Waals surface area contributed by atoms with Crippen LogP contribution in [0, 0.1) is 6.92 Å². The number of aromatic nitrogens is 2. The molecule has 5 nitrogen and oxygen atoms in total. The van der Waals surface area contributed by atoms with Gasteiger partial charge in [-0.3, -0.25) is 10.9 Å². The van der Waals surface area contributed by atoms with Crippen LogP contribution in [0.15, 0.2) is 6.07 Å². The lowest BCUT2D eigenvalue weighted by Gasteiger charge is -2.06. The van der Waals surface area contributed by atoms with E-state index >= 15 is 0 Å². The van der Waals surface area contributed by atoms with Crippen LogP contribution in [0.3, 0.4) is 0 Å². The summed E-state index contributed by atoms with van der Waals surface area (Å²) in [4.78, 5) is 7.81. The van der Waals surface area contributed by atoms with Crippen LogP contribution >= 0.6 is 24.8 Å². The molecule has 0 aliphatic heterocycles. The van der Waals surface area contributed by atoms with Gasteiger partial charge in [0, 0.05) is 11.8 Å². The van der Waals surface area contributed by atoms with E-state index in [9.17, 15) is 0 Å². The average molecular weight is 215 g/mol. The van der Waals surface area contributed by atoms with E-state index < -0.39 is 0 Å². The molecule has 7 heteroatoms. The highest BCUT2D eigenvalue weighted by atomic mass is 32.1. The summed E-state index contributed by atoms with van der Waals surface area (Å²) in [5.41, 5.74) is 11.5. The summed E-state index contributed by atoms with van der Waals surface area (Å²) in [7, 11) is 0. The molecule has 0 bridgehead atoms. The van der Waals surface area contributed by atoms with E-state index in [0.717, 1.165) is 5.69 Å². The molecular formula is C6H9N5S2. The topological polar surface area (TPSA) is 75.9 Å². The second-order valence-corrected chi connectivity index (χ2v) is 3.47. The van der Waals surface area contributed by atoms with Gasteiger partial charge < -0.3 is 5.73 Å². The van der Waals surface area contributed by atoms with Crippen molar-refractivity contribution in [1.29, 1.82) is 0 Å². The molecule has 0 aliphatic rings. The third kappa shape index (κ3) is 3.43. The minimum absolute atomic E-state index is 0.217. The van der Waals surface area contributed by atoms with E-state index in [1.54, 1.807) is 6.07 Å². The zero-order chi connectivity index (χ0) is 9.84. The molecule has 1 aromatic heterocycles. The van der Waals surface area contributed by atoms with Crippen molar-refractivity contribution in [1.82, 2.24) is 15.4 Å². The van der Waals surface area contributed by atoms with Gasteiger partial charge in [0.2, 0.25) is 5.95 Å². The molecular weight excluding hydrogens is 206 g/mol. The summed E-state index contributed by atoms with van der Waals surface area (Å²) in [5, 5.41) is 0. The molecule has 1 aromatic rings. The van der Waals surface area contributed by atoms with Crippen molar-refractivity contribution in [2.24, 2.45) is 0 Å². The van der Waals surface area contributed by atoms with Crippen LogP contribution in [-0.4, -0.2) is 14.3 Å². The van der Waals surface area contributed by atoms with E-state index in [2.05, 4.69) is 45.7 Å². The van der Waals surface area contributed by atoms with Crippen molar-refractivity contribution < 1.29 is 0 Å². The van der Waals surface area contributed by atoms with Crippen molar-refractivity contribution in [3.63, 3.8) is 0 Å². The molecule has 0 amide bonds. The first-order valence-corrected chi connectivity index (χ1v) is 4.29. The maximum absolute atomic E-state index is 5.42. The number of hydrazine groups is 1. The fourth-order valence-electron chi connectivity index (χ4n) is 0.773. The fourth-order valence-corrected chi connectivity index (χ4v) is 0.880. The molecule has 0 aliphatic carbocycles. The molecule has 0 saturated heterocycles. The molecule has 70 valence electrons. The molecule has 4 N–H and O–H groups in total. The highest BCUT2D eigenvalue weighted by molar-refractivity contribution is 8.11. The maximum Gasteiger partial charge on any atom is 0.222 e. The van der Waals surface area contributed by atoms with Gasteiger partial charge in [-0.15, -0.1) is 12.6 Å². The van der Waals surface area contributed by atoms with Crippen LogP contribution in [0.4, 0.5) is 11.8 Å². The lowest BCUT2D eigenvalue weighted by Crippen LogP contribution is -2.24. The number of thiol groups is 1. The lowest BCUT2D eigenvalue weighted by atomic mass is 10.4. The normalized spacial score (nSPS) is 9.38. The Morgan fingerprint density at radius 2 is 2.31 bits per heavy atom. The van der Waals surface area contributed by atoms with Gasteiger partial charge in [-0.05, 0) is 6.92 Å². The van der Waals surface area contributed by atoms with Crippen molar-refractivity contribution in [3.05, 3.63) is 11.8 Å². The number of nitrogens with two attached hydrogens (primary N) is 1. The first kappa shape index (κ1) is 10.0. The number of aryl methyl sites for hydroxylation is 1. The highest BCUT2D eigenvalue weighted by Gasteiger charge is 1.97. The number of anilines is 2. The Labute approximate surface area is 86.5 Å². The van der Waals surface area contributed by atoms with Gasteiger partial charge in [-0.2, -0.15) is 4.98 Å². The molecule has 0 fully saturated rings. The molecule has 1 rings (SSSR count). The number of hydrogen-bond acceptors (Lipinski definition) is 5. The summed E-state index contributed by atoms with van der Waals surface area (Å²) in [5.74, 6) is 0.774. The van der Waals surface area contributed by atoms with Crippen LogP contribution in [0.25, 0.3) is 0 Å². The standard InChI is InChI=1S/C6H9N5S2/c1-3-2-4(9-5(7)8-3)10-11-6(12)13/h2H,1H3,(H2,11,12,13)(H3,7,8,9,10). The van der Waals surface area contributed by atoms with Crippen LogP contribution in [0.2, 0.25) is 0 Å². The van der Waals surface area contributed by atoms with E-state index in [4.69, 9.17) is 5.73 Å². The first-order valence-electron chi connectivity index (χ1n) is 3.44. The summed E-state index contributed by atoms with van der Waals surface area (Å²) in [6.45, 7) is 1.82. The number of nitrogens with zero attached hydrogens (tertiary/aromatic N) is 2. The van der Waals surface area contributed by atoms with Crippen molar-refractivity contribution in [2.75, 3.05) is 11.2 Å². The van der Waals surface area contributed by atoms with Crippen LogP contribution in [-0.2, 0) is 0 Å². The van der Waals surface area contributed by atoms with Crippen LogP contribution < -0.4 is 16.6 Å². The largest absolute Gasteiger partial charge is 0.368 e. The van der Waals surface area contributed by atoms with E-state index in [1.807, 2.05) is 6.92 Å². The number of thiocarbonyl (C=S) groups is 1. The third-order valence-electron chi connectivity index (χ3n) is 1.17. The van der Waals surface area contributed by atoms with Gasteiger partial charge in [-0.1, -0.05) is 12.2 Å². The van der Waals surface area contributed by atoms with E-state index in [-0.39, 0.29) is 5.95 Å². The predicted octanol–water partition coefficient (Wildman–Crippen LogP) is 0.498. The summed E-state index contributed by atoms with van der Waals surface area (Å²) >= 11 is 8.54. The van der Waals surface area contributed by atoms with E-state index in [0.29, 0.717) is 10.1 Å². The average Bonchev–Trinajstić information content (AvgIpc) is 1.99. The summed E-state index contributed by atoms with van der Waals surface area (Å²) < 4.78 is 0.329. The molecule has 0 unspecified atom stereocenters. The number of rotatable bonds is 2. The Morgan fingerprint density at radius 1 is 1.62 bits per heavy atom. The Balaban J connectivity index is 2.71. The van der Waals surface area contributed by atoms with Gasteiger partial charge in [0.15, 0.2) is 0 Å². The maximum atomic E-state index is 5.42. The predicted molar refractivity (Wildman–Crippen MR) is 59.5 cm³/mol. The van der Waals surface area contributed by atoms with Crippen LogP contribution in [0.1, 0.15) is 5.69 Å². The second-order valence-electron chi connectivity index (χ2n) is 2.31. The number of nitrogen functional groups attached to an aromatic ring is 1. The minimum atomic E-state index is 0.217. The van der Waals surface area contributed by atoms with Gasteiger partial charge in [0.1, 0.15) is 10.1 Å². The summed E-state index contributed by atoms with van der Waals surface area (Å²) in [6.07, 6.45) is 0. The molecule has 0 spiro atoms. The molecule has 13 heavy (non-hydrogen) atoms. The summed E-state index contributed by atoms with van der Waals surface area (Å²) in [6, 6.07) is 1.73. The quantitative estimate of drug-likeness (QED) is 0.327. The molecule has 0 saturated carbocycles. The molecule has 0 aromatic carbocycles. The zero-order valence-corrected chi connectivity index (χ0v) is 8.62. The number of nitrogens with one attached hydrogen (secondary N) is 2. The Morgan fingerprint density at radius 3 is 2.85 bits per heavy atom. The third-order valence-corrected chi connectivity index (χ3v) is 1.38. The van der Waals surface area contributed by atoms with Crippen molar-refractivity contribution in [3.8, 4) is 0 Å². The molecule has 0 radical (unpaired) electrons. The lowest BCUT2D eigenvalue weighted by molar-refractivity contribution is 1.06. The number of hydrogen-bond donors (Lipinski definition) is 4. The fraction of sp³-hybridized carbons (Fsp3) is 0.167. The first-order chi connectivity index (χ1) is 6.08. The Bertz CT molecular complexity index is 307. The van der Waals surface area contributed by atoms with Crippen molar-refractivity contribution >= 4 is 40.9 Å². The highest BCUT2D eigenvalue weighted by Crippen LogP contribution is 2.05. The Hall–Kier alpha value is -1.08. The SMILES string of the molecule is Cc1cc(NNC(=S)S)nc(N)n1. The minimum Gasteiger partial charge on any atom is -0.368 e. The molecule has 0 atom stereocenters. The van der Waals surface area contributed by atoms with Gasteiger partial charge in [0.05, 0.1) is 0 Å². The van der Waals surface area contributed by atoms with Crippen LogP contribution in [0.5, 0.6) is 0 Å².